The van der Waals surface area contributed by atoms with Crippen LogP contribution in [0.2, 0.25) is 0 Å². The van der Waals surface area contributed by atoms with Crippen LogP contribution in [0.4, 0.5) is 5.13 Å². The lowest BCUT2D eigenvalue weighted by molar-refractivity contribution is 0.0767. The number of aromatic nitrogens is 3. The second kappa shape index (κ2) is 6.17. The van der Waals surface area contributed by atoms with Gasteiger partial charge in [0.1, 0.15) is 5.01 Å². The minimum absolute atomic E-state index is 0.0766. The zero-order valence-corrected chi connectivity index (χ0v) is 12.7. The summed E-state index contributed by atoms with van der Waals surface area (Å²) in [7, 11) is 0. The van der Waals surface area contributed by atoms with Crippen LogP contribution in [0.3, 0.4) is 0 Å². The van der Waals surface area contributed by atoms with Crippen molar-refractivity contribution < 1.29 is 4.79 Å². The van der Waals surface area contributed by atoms with Crippen molar-refractivity contribution in [1.29, 1.82) is 0 Å². The zero-order chi connectivity index (χ0) is 14.7. The molecule has 0 radical (unpaired) electrons. The molecule has 0 spiro atoms. The number of rotatable bonds is 2. The summed E-state index contributed by atoms with van der Waals surface area (Å²) in [6.45, 7) is 5.15. The minimum atomic E-state index is 0.0766. The molecule has 1 aliphatic rings. The largest absolute Gasteiger partial charge is 0.345 e. The number of carbonyl (C=O) groups excluding carboxylic acids is 1. The molecular formula is C14H17N5OS. The van der Waals surface area contributed by atoms with E-state index in [2.05, 4.69) is 20.1 Å². The Morgan fingerprint density at radius 2 is 1.95 bits per heavy atom. The minimum Gasteiger partial charge on any atom is -0.345 e. The molecule has 2 aromatic rings. The standard InChI is InChI=1S/C14H17N5OS/c1-11-16-17-14(21-11)19-8-2-7-18(9-10-19)13(20)12-3-5-15-6-4-12/h3-6H,2,7-10H2,1H3. The number of nitrogens with zero attached hydrogens (tertiary/aromatic N) is 5. The molecule has 0 aliphatic carbocycles. The third kappa shape index (κ3) is 3.18. The lowest BCUT2D eigenvalue weighted by Crippen LogP contribution is -2.35. The highest BCUT2D eigenvalue weighted by Gasteiger charge is 2.21. The third-order valence-corrected chi connectivity index (χ3v) is 4.40. The summed E-state index contributed by atoms with van der Waals surface area (Å²) >= 11 is 1.60. The zero-order valence-electron chi connectivity index (χ0n) is 11.9. The van der Waals surface area contributed by atoms with E-state index in [0.717, 1.165) is 36.2 Å². The maximum Gasteiger partial charge on any atom is 0.254 e. The number of anilines is 1. The Morgan fingerprint density at radius 3 is 2.67 bits per heavy atom. The molecule has 0 N–H and O–H groups in total. The summed E-state index contributed by atoms with van der Waals surface area (Å²) in [4.78, 5) is 20.5. The maximum atomic E-state index is 12.5. The van der Waals surface area contributed by atoms with E-state index in [1.54, 1.807) is 35.9 Å². The van der Waals surface area contributed by atoms with E-state index in [1.807, 2.05) is 11.8 Å². The molecule has 7 heteroatoms. The van der Waals surface area contributed by atoms with Crippen LogP contribution in [0.25, 0.3) is 0 Å². The second-order valence-electron chi connectivity index (χ2n) is 4.97. The quantitative estimate of drug-likeness (QED) is 0.843. The number of hydrogen-bond acceptors (Lipinski definition) is 6. The first-order chi connectivity index (χ1) is 10.2. The van der Waals surface area contributed by atoms with Crippen molar-refractivity contribution in [3.63, 3.8) is 0 Å². The SMILES string of the molecule is Cc1nnc(N2CCCN(C(=O)c3ccncc3)CC2)s1. The van der Waals surface area contributed by atoms with Crippen LogP contribution in [0.1, 0.15) is 21.8 Å². The number of pyridine rings is 1. The van der Waals surface area contributed by atoms with Crippen LogP contribution in [0, 0.1) is 6.92 Å². The summed E-state index contributed by atoms with van der Waals surface area (Å²) < 4.78 is 0. The van der Waals surface area contributed by atoms with Crippen LogP contribution in [-0.2, 0) is 0 Å². The summed E-state index contributed by atoms with van der Waals surface area (Å²) in [5.41, 5.74) is 0.699. The molecule has 1 aliphatic heterocycles. The first-order valence-corrected chi connectivity index (χ1v) is 7.80. The molecule has 21 heavy (non-hydrogen) atoms. The Bertz CT molecular complexity index is 615. The van der Waals surface area contributed by atoms with Crippen molar-refractivity contribution in [3.8, 4) is 0 Å². The van der Waals surface area contributed by atoms with E-state index in [-0.39, 0.29) is 5.91 Å². The molecule has 3 heterocycles. The first-order valence-electron chi connectivity index (χ1n) is 6.98. The Hall–Kier alpha value is -2.02. The van der Waals surface area contributed by atoms with Gasteiger partial charge in [-0.1, -0.05) is 11.3 Å². The molecule has 6 nitrogen and oxygen atoms in total. The summed E-state index contributed by atoms with van der Waals surface area (Å²) in [6.07, 6.45) is 4.25. The van der Waals surface area contributed by atoms with Crippen molar-refractivity contribution >= 4 is 22.4 Å². The van der Waals surface area contributed by atoms with E-state index in [0.29, 0.717) is 12.1 Å². The molecule has 1 fully saturated rings. The molecule has 0 atom stereocenters. The highest BCUT2D eigenvalue weighted by Crippen LogP contribution is 2.21. The van der Waals surface area contributed by atoms with Gasteiger partial charge in [-0.25, -0.2) is 0 Å². The highest BCUT2D eigenvalue weighted by molar-refractivity contribution is 7.15. The summed E-state index contributed by atoms with van der Waals surface area (Å²) in [5, 5.41) is 10.2. The molecule has 0 unspecified atom stereocenters. The van der Waals surface area contributed by atoms with Gasteiger partial charge in [0.05, 0.1) is 0 Å². The molecule has 3 rings (SSSR count). The van der Waals surface area contributed by atoms with E-state index in [4.69, 9.17) is 0 Å². The van der Waals surface area contributed by atoms with Crippen LogP contribution in [0.5, 0.6) is 0 Å². The Kier molecular flexibility index (Phi) is 4.10. The summed E-state index contributed by atoms with van der Waals surface area (Å²) in [5.74, 6) is 0.0766. The van der Waals surface area contributed by atoms with E-state index >= 15 is 0 Å². The van der Waals surface area contributed by atoms with Gasteiger partial charge in [-0.3, -0.25) is 9.78 Å². The molecule has 1 amide bonds. The lowest BCUT2D eigenvalue weighted by atomic mass is 10.2. The molecule has 0 saturated carbocycles. The van der Waals surface area contributed by atoms with Gasteiger partial charge in [0.15, 0.2) is 0 Å². The maximum absolute atomic E-state index is 12.5. The molecule has 2 aromatic heterocycles. The van der Waals surface area contributed by atoms with E-state index in [9.17, 15) is 4.79 Å². The smallest absolute Gasteiger partial charge is 0.254 e. The van der Waals surface area contributed by atoms with Gasteiger partial charge in [0.2, 0.25) is 5.13 Å². The van der Waals surface area contributed by atoms with Crippen molar-refractivity contribution in [2.45, 2.75) is 13.3 Å². The lowest BCUT2D eigenvalue weighted by Gasteiger charge is -2.21. The fraction of sp³-hybridized carbons (Fsp3) is 0.429. The number of amides is 1. The Morgan fingerprint density at radius 1 is 1.14 bits per heavy atom. The predicted octanol–water partition coefficient (Wildman–Crippen LogP) is 1.59. The van der Waals surface area contributed by atoms with Gasteiger partial charge >= 0.3 is 0 Å². The van der Waals surface area contributed by atoms with Crippen LogP contribution in [0.15, 0.2) is 24.5 Å². The van der Waals surface area contributed by atoms with Crippen molar-refractivity contribution in [3.05, 3.63) is 35.1 Å². The Labute approximate surface area is 127 Å². The van der Waals surface area contributed by atoms with E-state index < -0.39 is 0 Å². The van der Waals surface area contributed by atoms with Gasteiger partial charge in [-0.2, -0.15) is 0 Å². The number of aryl methyl sites for hydroxylation is 1. The van der Waals surface area contributed by atoms with E-state index in [1.165, 1.54) is 0 Å². The normalized spacial score (nSPS) is 15.9. The van der Waals surface area contributed by atoms with Gasteiger partial charge in [0.25, 0.3) is 5.91 Å². The fourth-order valence-corrected chi connectivity index (χ4v) is 3.14. The monoisotopic (exact) mass is 303 g/mol. The van der Waals surface area contributed by atoms with Crippen molar-refractivity contribution in [1.82, 2.24) is 20.1 Å². The molecular weight excluding hydrogens is 286 g/mol. The van der Waals surface area contributed by atoms with Crippen molar-refractivity contribution in [2.75, 3.05) is 31.1 Å². The number of carbonyl (C=O) groups is 1. The Balaban J connectivity index is 1.67. The molecule has 0 bridgehead atoms. The van der Waals surface area contributed by atoms with Gasteiger partial charge < -0.3 is 9.80 Å². The topological polar surface area (TPSA) is 62.2 Å². The third-order valence-electron chi connectivity index (χ3n) is 3.50. The van der Waals surface area contributed by atoms with Gasteiger partial charge in [0, 0.05) is 44.1 Å². The first kappa shape index (κ1) is 13.9. The van der Waals surface area contributed by atoms with Crippen molar-refractivity contribution in [2.24, 2.45) is 0 Å². The second-order valence-corrected chi connectivity index (χ2v) is 6.13. The molecule has 0 aromatic carbocycles. The van der Waals surface area contributed by atoms with Gasteiger partial charge in [-0.15, -0.1) is 10.2 Å². The highest BCUT2D eigenvalue weighted by atomic mass is 32.1. The average Bonchev–Trinajstić information content (AvgIpc) is 2.81. The molecule has 110 valence electrons. The molecule has 1 saturated heterocycles. The number of hydrogen-bond donors (Lipinski definition) is 0. The van der Waals surface area contributed by atoms with Crippen LogP contribution >= 0.6 is 11.3 Å². The average molecular weight is 303 g/mol. The summed E-state index contributed by atoms with van der Waals surface area (Å²) in [6, 6.07) is 3.53. The van der Waals surface area contributed by atoms with Gasteiger partial charge in [-0.05, 0) is 25.5 Å². The van der Waals surface area contributed by atoms with Crippen LogP contribution in [-0.4, -0.2) is 52.2 Å². The predicted molar refractivity (Wildman–Crippen MR) is 81.6 cm³/mol. The van der Waals surface area contributed by atoms with Crippen LogP contribution < -0.4 is 4.90 Å². The fourth-order valence-electron chi connectivity index (χ4n) is 2.40.